The zero-order valence-corrected chi connectivity index (χ0v) is 13.4. The van der Waals surface area contributed by atoms with Gasteiger partial charge in [-0.1, -0.05) is 18.0 Å². The highest BCUT2D eigenvalue weighted by Gasteiger charge is 2.13. The molecule has 0 bridgehead atoms. The number of likely N-dealkylation sites (tertiary alicyclic amines) is 1. The number of carbonyl (C=O) groups excluding carboxylic acids is 1. The second-order valence-corrected chi connectivity index (χ2v) is 5.81. The van der Waals surface area contributed by atoms with E-state index in [4.69, 9.17) is 11.6 Å². The number of hydrogen-bond donors (Lipinski definition) is 2. The Morgan fingerprint density at radius 3 is 2.76 bits per heavy atom. The van der Waals surface area contributed by atoms with Crippen LogP contribution in [0.3, 0.4) is 0 Å². The molecule has 1 amide bonds. The number of carbonyl (C=O) groups is 1. The van der Waals surface area contributed by atoms with Crippen LogP contribution in [0.2, 0.25) is 5.02 Å². The summed E-state index contributed by atoms with van der Waals surface area (Å²) in [5.41, 5.74) is 1.44. The van der Waals surface area contributed by atoms with Crippen LogP contribution in [-0.2, 0) is 0 Å². The van der Waals surface area contributed by atoms with E-state index >= 15 is 0 Å². The molecular formula is C16H24ClN3O. The van der Waals surface area contributed by atoms with Crippen LogP contribution in [0.15, 0.2) is 18.2 Å². The molecule has 21 heavy (non-hydrogen) atoms. The summed E-state index contributed by atoms with van der Waals surface area (Å²) in [6.45, 7) is 6.67. The second kappa shape index (κ2) is 8.25. The van der Waals surface area contributed by atoms with Crippen molar-refractivity contribution in [3.05, 3.63) is 28.8 Å². The molecule has 1 aromatic rings. The Morgan fingerprint density at radius 2 is 2.05 bits per heavy atom. The SMILES string of the molecule is CCNc1ccc(Cl)cc1C(=O)NCCN1CCCCC1. The van der Waals surface area contributed by atoms with Crippen LogP contribution in [-0.4, -0.2) is 43.5 Å². The topological polar surface area (TPSA) is 44.4 Å². The predicted octanol–water partition coefficient (Wildman–Crippen LogP) is 2.99. The van der Waals surface area contributed by atoms with Gasteiger partial charge in [-0.3, -0.25) is 4.79 Å². The van der Waals surface area contributed by atoms with Crippen molar-refractivity contribution in [3.8, 4) is 0 Å². The molecule has 2 N–H and O–H groups in total. The number of halogens is 1. The minimum absolute atomic E-state index is 0.0644. The largest absolute Gasteiger partial charge is 0.385 e. The van der Waals surface area contributed by atoms with Crippen molar-refractivity contribution in [2.45, 2.75) is 26.2 Å². The van der Waals surface area contributed by atoms with Gasteiger partial charge in [-0.2, -0.15) is 0 Å². The van der Waals surface area contributed by atoms with Gasteiger partial charge in [0, 0.05) is 30.3 Å². The Balaban J connectivity index is 1.88. The fraction of sp³-hybridized carbons (Fsp3) is 0.562. The summed E-state index contributed by atoms with van der Waals surface area (Å²) in [5, 5.41) is 6.77. The summed E-state index contributed by atoms with van der Waals surface area (Å²) < 4.78 is 0. The Labute approximate surface area is 131 Å². The third-order valence-electron chi connectivity index (χ3n) is 3.76. The lowest BCUT2D eigenvalue weighted by molar-refractivity contribution is 0.0947. The van der Waals surface area contributed by atoms with E-state index in [2.05, 4.69) is 15.5 Å². The summed E-state index contributed by atoms with van der Waals surface area (Å²) in [4.78, 5) is 14.7. The first kappa shape index (κ1) is 16.1. The quantitative estimate of drug-likeness (QED) is 0.849. The highest BCUT2D eigenvalue weighted by atomic mass is 35.5. The smallest absolute Gasteiger partial charge is 0.253 e. The number of hydrogen-bond acceptors (Lipinski definition) is 3. The van der Waals surface area contributed by atoms with E-state index in [9.17, 15) is 4.79 Å². The lowest BCUT2D eigenvalue weighted by atomic mass is 10.1. The third kappa shape index (κ3) is 4.90. The molecule has 116 valence electrons. The average Bonchev–Trinajstić information content (AvgIpc) is 2.50. The van der Waals surface area contributed by atoms with Crippen molar-refractivity contribution >= 4 is 23.2 Å². The Hall–Kier alpha value is -1.26. The maximum absolute atomic E-state index is 12.3. The van der Waals surface area contributed by atoms with E-state index in [0.29, 0.717) is 17.1 Å². The number of amides is 1. The van der Waals surface area contributed by atoms with Gasteiger partial charge < -0.3 is 15.5 Å². The van der Waals surface area contributed by atoms with Crippen molar-refractivity contribution in [3.63, 3.8) is 0 Å². The van der Waals surface area contributed by atoms with Crippen LogP contribution < -0.4 is 10.6 Å². The monoisotopic (exact) mass is 309 g/mol. The molecule has 5 heteroatoms. The van der Waals surface area contributed by atoms with Gasteiger partial charge in [0.15, 0.2) is 0 Å². The van der Waals surface area contributed by atoms with Gasteiger partial charge in [-0.25, -0.2) is 0 Å². The Morgan fingerprint density at radius 1 is 1.29 bits per heavy atom. The molecule has 1 aliphatic rings. The number of nitrogens with zero attached hydrogens (tertiary/aromatic N) is 1. The summed E-state index contributed by atoms with van der Waals surface area (Å²) in [5.74, 6) is -0.0644. The first-order chi connectivity index (χ1) is 10.2. The molecule has 0 spiro atoms. The van der Waals surface area contributed by atoms with Crippen LogP contribution in [0, 0.1) is 0 Å². The summed E-state index contributed by atoms with van der Waals surface area (Å²) >= 11 is 6.00. The first-order valence-electron chi connectivity index (χ1n) is 7.74. The molecular weight excluding hydrogens is 286 g/mol. The maximum atomic E-state index is 12.3. The van der Waals surface area contributed by atoms with Crippen LogP contribution >= 0.6 is 11.6 Å². The van der Waals surface area contributed by atoms with Gasteiger partial charge in [0.2, 0.25) is 0 Å². The molecule has 0 atom stereocenters. The van der Waals surface area contributed by atoms with E-state index in [-0.39, 0.29) is 5.91 Å². The fourth-order valence-electron chi connectivity index (χ4n) is 2.65. The Kier molecular flexibility index (Phi) is 6.33. The lowest BCUT2D eigenvalue weighted by Gasteiger charge is -2.26. The molecule has 1 aliphatic heterocycles. The zero-order valence-electron chi connectivity index (χ0n) is 12.6. The summed E-state index contributed by atoms with van der Waals surface area (Å²) in [7, 11) is 0. The van der Waals surface area contributed by atoms with Gasteiger partial charge in [-0.05, 0) is 51.1 Å². The minimum atomic E-state index is -0.0644. The summed E-state index contributed by atoms with van der Waals surface area (Å²) in [6, 6.07) is 5.37. The van der Waals surface area contributed by atoms with Crippen molar-refractivity contribution in [1.29, 1.82) is 0 Å². The van der Waals surface area contributed by atoms with Crippen LogP contribution in [0.25, 0.3) is 0 Å². The van der Waals surface area contributed by atoms with Crippen LogP contribution in [0.1, 0.15) is 36.5 Å². The van der Waals surface area contributed by atoms with Gasteiger partial charge in [-0.15, -0.1) is 0 Å². The average molecular weight is 310 g/mol. The zero-order chi connectivity index (χ0) is 15.1. The number of benzene rings is 1. The molecule has 2 rings (SSSR count). The third-order valence-corrected chi connectivity index (χ3v) is 3.99. The first-order valence-corrected chi connectivity index (χ1v) is 8.12. The van der Waals surface area contributed by atoms with E-state index in [1.807, 2.05) is 13.0 Å². The number of piperidine rings is 1. The van der Waals surface area contributed by atoms with Crippen molar-refractivity contribution < 1.29 is 4.79 Å². The molecule has 1 fully saturated rings. The van der Waals surface area contributed by atoms with E-state index in [1.165, 1.54) is 19.3 Å². The van der Waals surface area contributed by atoms with E-state index < -0.39 is 0 Å². The highest BCUT2D eigenvalue weighted by Crippen LogP contribution is 2.20. The van der Waals surface area contributed by atoms with E-state index in [1.54, 1.807) is 12.1 Å². The highest BCUT2D eigenvalue weighted by molar-refractivity contribution is 6.31. The molecule has 0 aliphatic carbocycles. The molecule has 1 heterocycles. The van der Waals surface area contributed by atoms with Gasteiger partial charge in [0.1, 0.15) is 0 Å². The van der Waals surface area contributed by atoms with Crippen LogP contribution in [0.4, 0.5) is 5.69 Å². The summed E-state index contributed by atoms with van der Waals surface area (Å²) in [6.07, 6.45) is 3.87. The van der Waals surface area contributed by atoms with Crippen molar-refractivity contribution in [1.82, 2.24) is 10.2 Å². The molecule has 0 radical (unpaired) electrons. The lowest BCUT2D eigenvalue weighted by Crippen LogP contribution is -2.37. The second-order valence-electron chi connectivity index (χ2n) is 5.38. The van der Waals surface area contributed by atoms with Gasteiger partial charge in [0.25, 0.3) is 5.91 Å². The number of rotatable bonds is 6. The van der Waals surface area contributed by atoms with E-state index in [0.717, 1.165) is 31.9 Å². The molecule has 4 nitrogen and oxygen atoms in total. The number of anilines is 1. The van der Waals surface area contributed by atoms with Crippen molar-refractivity contribution in [2.75, 3.05) is 38.0 Å². The number of nitrogens with one attached hydrogen (secondary N) is 2. The standard InChI is InChI=1S/C16H24ClN3O/c1-2-18-15-7-6-13(17)12-14(15)16(21)19-8-11-20-9-4-3-5-10-20/h6-7,12,18H,2-5,8-11H2,1H3,(H,19,21). The normalized spacial score (nSPS) is 15.7. The van der Waals surface area contributed by atoms with Gasteiger partial charge in [0.05, 0.1) is 5.56 Å². The van der Waals surface area contributed by atoms with Crippen LogP contribution in [0.5, 0.6) is 0 Å². The molecule has 0 unspecified atom stereocenters. The van der Waals surface area contributed by atoms with Gasteiger partial charge >= 0.3 is 0 Å². The predicted molar refractivity (Wildman–Crippen MR) is 88.2 cm³/mol. The Bertz CT molecular complexity index is 473. The minimum Gasteiger partial charge on any atom is -0.385 e. The fourth-order valence-corrected chi connectivity index (χ4v) is 2.83. The molecule has 1 saturated heterocycles. The molecule has 1 aromatic carbocycles. The van der Waals surface area contributed by atoms with Crippen molar-refractivity contribution in [2.24, 2.45) is 0 Å². The maximum Gasteiger partial charge on any atom is 0.253 e. The molecule has 0 saturated carbocycles. The molecule has 0 aromatic heterocycles.